The van der Waals surface area contributed by atoms with Gasteiger partial charge in [-0.15, -0.1) is 11.3 Å². The molecule has 3 rings (SSSR count). The standard InChI is InChI=1S/C17H17NO2S/c19-16(17-2-1-13-21-17)8-5-14-3-6-15(7-4-14)18-9-11-20-12-10-18/h1-8,13H,9-12H2. The zero-order valence-corrected chi connectivity index (χ0v) is 12.5. The molecule has 1 aromatic carbocycles. The third kappa shape index (κ3) is 3.60. The van der Waals surface area contributed by atoms with E-state index in [0.717, 1.165) is 36.7 Å². The van der Waals surface area contributed by atoms with E-state index in [2.05, 4.69) is 17.0 Å². The first-order valence-electron chi connectivity index (χ1n) is 7.01. The Morgan fingerprint density at radius 1 is 1.14 bits per heavy atom. The number of anilines is 1. The highest BCUT2D eigenvalue weighted by Gasteiger charge is 2.10. The van der Waals surface area contributed by atoms with Crippen LogP contribution in [-0.2, 0) is 4.74 Å². The molecule has 0 unspecified atom stereocenters. The van der Waals surface area contributed by atoms with Crippen LogP contribution in [0.2, 0.25) is 0 Å². The Labute approximate surface area is 128 Å². The highest BCUT2D eigenvalue weighted by molar-refractivity contribution is 7.12. The molecule has 3 nitrogen and oxygen atoms in total. The minimum Gasteiger partial charge on any atom is -0.378 e. The number of thiophene rings is 1. The molecule has 2 heterocycles. The number of carbonyl (C=O) groups excluding carboxylic acids is 1. The molecule has 2 aromatic rings. The number of nitrogens with zero attached hydrogens (tertiary/aromatic N) is 1. The molecular formula is C17H17NO2S. The smallest absolute Gasteiger partial charge is 0.195 e. The lowest BCUT2D eigenvalue weighted by Crippen LogP contribution is -2.36. The van der Waals surface area contributed by atoms with Crippen molar-refractivity contribution in [2.24, 2.45) is 0 Å². The maximum absolute atomic E-state index is 11.9. The second kappa shape index (κ2) is 6.70. The molecule has 1 fully saturated rings. The number of hydrogen-bond acceptors (Lipinski definition) is 4. The summed E-state index contributed by atoms with van der Waals surface area (Å²) in [7, 11) is 0. The summed E-state index contributed by atoms with van der Waals surface area (Å²) in [4.78, 5) is 15.0. The molecule has 0 bridgehead atoms. The molecule has 0 N–H and O–H groups in total. The molecule has 21 heavy (non-hydrogen) atoms. The highest BCUT2D eigenvalue weighted by atomic mass is 32.1. The van der Waals surface area contributed by atoms with E-state index in [9.17, 15) is 4.79 Å². The van der Waals surface area contributed by atoms with Crippen LogP contribution in [0.25, 0.3) is 6.08 Å². The van der Waals surface area contributed by atoms with Crippen LogP contribution in [0.15, 0.2) is 47.9 Å². The summed E-state index contributed by atoms with van der Waals surface area (Å²) in [6.07, 6.45) is 3.50. The summed E-state index contributed by atoms with van der Waals surface area (Å²) in [5, 5.41) is 1.91. The number of hydrogen-bond donors (Lipinski definition) is 0. The maximum Gasteiger partial charge on any atom is 0.195 e. The molecule has 4 heteroatoms. The van der Waals surface area contributed by atoms with Crippen LogP contribution in [0.1, 0.15) is 15.2 Å². The van der Waals surface area contributed by atoms with Crippen molar-refractivity contribution in [3.63, 3.8) is 0 Å². The van der Waals surface area contributed by atoms with Crippen LogP contribution in [-0.4, -0.2) is 32.1 Å². The third-order valence-corrected chi connectivity index (χ3v) is 4.34. The van der Waals surface area contributed by atoms with E-state index < -0.39 is 0 Å². The van der Waals surface area contributed by atoms with Gasteiger partial charge in [-0.25, -0.2) is 0 Å². The summed E-state index contributed by atoms with van der Waals surface area (Å²) >= 11 is 1.47. The van der Waals surface area contributed by atoms with Crippen LogP contribution in [0.5, 0.6) is 0 Å². The van der Waals surface area contributed by atoms with Crippen LogP contribution in [0.4, 0.5) is 5.69 Å². The number of benzene rings is 1. The zero-order valence-electron chi connectivity index (χ0n) is 11.7. The predicted molar refractivity (Wildman–Crippen MR) is 87.2 cm³/mol. The van der Waals surface area contributed by atoms with E-state index in [1.54, 1.807) is 6.08 Å². The average Bonchev–Trinajstić information content (AvgIpc) is 3.08. The van der Waals surface area contributed by atoms with Crippen LogP contribution in [0.3, 0.4) is 0 Å². The molecule has 0 amide bonds. The van der Waals surface area contributed by atoms with Gasteiger partial charge in [-0.1, -0.05) is 24.3 Å². The Balaban J connectivity index is 1.65. The molecule has 0 spiro atoms. The number of ether oxygens (including phenoxy) is 1. The Kier molecular flexibility index (Phi) is 4.48. The molecule has 1 aliphatic heterocycles. The van der Waals surface area contributed by atoms with Crippen molar-refractivity contribution < 1.29 is 9.53 Å². The Hall–Kier alpha value is -1.91. The van der Waals surface area contributed by atoms with Gasteiger partial charge in [0.2, 0.25) is 0 Å². The lowest BCUT2D eigenvalue weighted by Gasteiger charge is -2.28. The van der Waals surface area contributed by atoms with E-state index in [1.165, 1.54) is 17.0 Å². The van der Waals surface area contributed by atoms with E-state index in [0.29, 0.717) is 0 Å². The second-order valence-corrected chi connectivity index (χ2v) is 5.81. The molecule has 108 valence electrons. The molecule has 0 aliphatic carbocycles. The number of rotatable bonds is 4. The lowest BCUT2D eigenvalue weighted by molar-refractivity contribution is 0.105. The van der Waals surface area contributed by atoms with Gasteiger partial charge in [-0.3, -0.25) is 4.79 Å². The monoisotopic (exact) mass is 299 g/mol. The van der Waals surface area contributed by atoms with E-state index in [4.69, 9.17) is 4.74 Å². The first-order valence-corrected chi connectivity index (χ1v) is 7.89. The summed E-state index contributed by atoms with van der Waals surface area (Å²) in [6.45, 7) is 3.45. The molecule has 1 aromatic heterocycles. The van der Waals surface area contributed by atoms with Crippen LogP contribution < -0.4 is 4.90 Å². The number of allylic oxidation sites excluding steroid dienone is 1. The summed E-state index contributed by atoms with van der Waals surface area (Å²) in [6, 6.07) is 12.0. The fourth-order valence-corrected chi connectivity index (χ4v) is 2.94. The Morgan fingerprint density at radius 2 is 1.90 bits per heavy atom. The minimum atomic E-state index is 0.0576. The minimum absolute atomic E-state index is 0.0576. The molecule has 0 saturated carbocycles. The van der Waals surface area contributed by atoms with Crippen molar-refractivity contribution in [3.8, 4) is 0 Å². The van der Waals surface area contributed by atoms with Gasteiger partial charge >= 0.3 is 0 Å². The average molecular weight is 299 g/mol. The van der Waals surface area contributed by atoms with Gasteiger partial charge in [0, 0.05) is 18.8 Å². The third-order valence-electron chi connectivity index (χ3n) is 3.46. The fourth-order valence-electron chi connectivity index (χ4n) is 2.29. The van der Waals surface area contributed by atoms with Gasteiger partial charge in [0.25, 0.3) is 0 Å². The van der Waals surface area contributed by atoms with Gasteiger partial charge in [0.1, 0.15) is 0 Å². The van der Waals surface area contributed by atoms with E-state index in [-0.39, 0.29) is 5.78 Å². The normalized spacial score (nSPS) is 15.5. The van der Waals surface area contributed by atoms with Gasteiger partial charge in [-0.05, 0) is 35.2 Å². The van der Waals surface area contributed by atoms with Crippen molar-refractivity contribution in [2.75, 3.05) is 31.2 Å². The van der Waals surface area contributed by atoms with Gasteiger partial charge in [0.15, 0.2) is 5.78 Å². The van der Waals surface area contributed by atoms with E-state index >= 15 is 0 Å². The zero-order chi connectivity index (χ0) is 14.5. The first-order chi connectivity index (χ1) is 10.3. The van der Waals surface area contributed by atoms with Crippen molar-refractivity contribution in [1.29, 1.82) is 0 Å². The van der Waals surface area contributed by atoms with Crippen molar-refractivity contribution >= 4 is 28.9 Å². The predicted octanol–water partition coefficient (Wildman–Crippen LogP) is 3.48. The topological polar surface area (TPSA) is 29.5 Å². The fraction of sp³-hybridized carbons (Fsp3) is 0.235. The first kappa shape index (κ1) is 14.0. The molecule has 1 saturated heterocycles. The maximum atomic E-state index is 11.9. The lowest BCUT2D eigenvalue weighted by atomic mass is 10.1. The van der Waals surface area contributed by atoms with Crippen molar-refractivity contribution in [1.82, 2.24) is 0 Å². The van der Waals surface area contributed by atoms with Crippen LogP contribution >= 0.6 is 11.3 Å². The van der Waals surface area contributed by atoms with Crippen LogP contribution in [0, 0.1) is 0 Å². The van der Waals surface area contributed by atoms with E-state index in [1.807, 2.05) is 35.7 Å². The molecule has 1 aliphatic rings. The summed E-state index contributed by atoms with van der Waals surface area (Å²) < 4.78 is 5.36. The van der Waals surface area contributed by atoms with Gasteiger partial charge in [0.05, 0.1) is 18.1 Å². The number of ketones is 1. The largest absolute Gasteiger partial charge is 0.378 e. The quantitative estimate of drug-likeness (QED) is 0.639. The number of morpholine rings is 1. The SMILES string of the molecule is O=C(C=Cc1ccc(N2CCOCC2)cc1)c1cccs1. The molecule has 0 atom stereocenters. The molecule has 0 radical (unpaired) electrons. The Bertz CT molecular complexity index is 611. The number of carbonyl (C=O) groups is 1. The summed E-state index contributed by atoms with van der Waals surface area (Å²) in [5.41, 5.74) is 2.25. The summed E-state index contributed by atoms with van der Waals surface area (Å²) in [5.74, 6) is 0.0576. The molecular weight excluding hydrogens is 282 g/mol. The van der Waals surface area contributed by atoms with Crippen molar-refractivity contribution in [3.05, 3.63) is 58.3 Å². The van der Waals surface area contributed by atoms with Crippen molar-refractivity contribution in [2.45, 2.75) is 0 Å². The highest BCUT2D eigenvalue weighted by Crippen LogP contribution is 2.18. The Morgan fingerprint density at radius 3 is 2.57 bits per heavy atom. The van der Waals surface area contributed by atoms with Gasteiger partial charge in [-0.2, -0.15) is 0 Å². The second-order valence-electron chi connectivity index (χ2n) is 4.87. The van der Waals surface area contributed by atoms with Gasteiger partial charge < -0.3 is 9.64 Å².